The standard InChI is InChI=1S/C18H23N3O4/c22-17(19-13-1-2-13)9-12-5-6-21(11-12)18(23)20-14-3-4-15-16(10-14)25-8-7-24-15/h3-4,10,12-13H,1-2,5-9,11H2,(H,19,22)(H,20,23). The minimum Gasteiger partial charge on any atom is -0.486 e. The molecule has 1 saturated carbocycles. The number of carbonyl (C=O) groups excluding carboxylic acids is 2. The number of amides is 3. The first-order valence-electron chi connectivity index (χ1n) is 8.92. The van der Waals surface area contributed by atoms with Crippen LogP contribution in [0.1, 0.15) is 25.7 Å². The lowest BCUT2D eigenvalue weighted by Gasteiger charge is -2.20. The van der Waals surface area contributed by atoms with Crippen LogP contribution in [0.15, 0.2) is 18.2 Å². The van der Waals surface area contributed by atoms with Gasteiger partial charge in [-0.2, -0.15) is 0 Å². The molecule has 1 aromatic carbocycles. The van der Waals surface area contributed by atoms with E-state index in [-0.39, 0.29) is 17.9 Å². The Labute approximate surface area is 146 Å². The number of carbonyl (C=O) groups is 2. The van der Waals surface area contributed by atoms with Gasteiger partial charge in [-0.1, -0.05) is 0 Å². The third kappa shape index (κ3) is 3.97. The van der Waals surface area contributed by atoms with Gasteiger partial charge in [-0.25, -0.2) is 4.79 Å². The van der Waals surface area contributed by atoms with E-state index in [9.17, 15) is 9.59 Å². The Balaban J connectivity index is 1.29. The fourth-order valence-electron chi connectivity index (χ4n) is 3.28. The number of hydrogen-bond acceptors (Lipinski definition) is 4. The van der Waals surface area contributed by atoms with Gasteiger partial charge in [0.25, 0.3) is 0 Å². The first-order valence-corrected chi connectivity index (χ1v) is 8.92. The Kier molecular flexibility index (Phi) is 4.38. The van der Waals surface area contributed by atoms with E-state index in [2.05, 4.69) is 10.6 Å². The summed E-state index contributed by atoms with van der Waals surface area (Å²) in [4.78, 5) is 26.1. The van der Waals surface area contributed by atoms with Gasteiger partial charge in [0.2, 0.25) is 5.91 Å². The second-order valence-electron chi connectivity index (χ2n) is 6.94. The van der Waals surface area contributed by atoms with Crippen molar-refractivity contribution in [3.63, 3.8) is 0 Å². The average Bonchev–Trinajstić information content (AvgIpc) is 3.29. The highest BCUT2D eigenvalue weighted by molar-refractivity contribution is 5.90. The molecule has 7 nitrogen and oxygen atoms in total. The number of likely N-dealkylation sites (tertiary alicyclic amines) is 1. The topological polar surface area (TPSA) is 79.9 Å². The molecule has 7 heteroatoms. The summed E-state index contributed by atoms with van der Waals surface area (Å²) in [5.74, 6) is 1.71. The number of anilines is 1. The van der Waals surface area contributed by atoms with Gasteiger partial charge in [0.15, 0.2) is 11.5 Å². The summed E-state index contributed by atoms with van der Waals surface area (Å²) in [6.07, 6.45) is 3.57. The third-order valence-electron chi connectivity index (χ3n) is 4.78. The molecular formula is C18H23N3O4. The number of nitrogens with one attached hydrogen (secondary N) is 2. The lowest BCUT2D eigenvalue weighted by atomic mass is 10.0. The molecule has 134 valence electrons. The number of rotatable bonds is 4. The molecule has 1 saturated heterocycles. The SMILES string of the molecule is O=C(CC1CCN(C(=O)Nc2ccc3c(c2)OCCO3)C1)NC1CC1. The minimum atomic E-state index is -0.137. The summed E-state index contributed by atoms with van der Waals surface area (Å²) in [6, 6.07) is 5.65. The highest BCUT2D eigenvalue weighted by Crippen LogP contribution is 2.33. The fraction of sp³-hybridized carbons (Fsp3) is 0.556. The van der Waals surface area contributed by atoms with Gasteiger partial charge in [0, 0.05) is 37.3 Å². The Morgan fingerprint density at radius 3 is 2.72 bits per heavy atom. The molecule has 2 heterocycles. The van der Waals surface area contributed by atoms with E-state index in [0.29, 0.717) is 56.0 Å². The Morgan fingerprint density at radius 1 is 1.12 bits per heavy atom. The smallest absolute Gasteiger partial charge is 0.321 e. The molecule has 25 heavy (non-hydrogen) atoms. The van der Waals surface area contributed by atoms with Crippen LogP contribution in [0.4, 0.5) is 10.5 Å². The molecular weight excluding hydrogens is 322 g/mol. The molecule has 2 N–H and O–H groups in total. The number of nitrogens with zero attached hydrogens (tertiary/aromatic N) is 1. The van der Waals surface area contributed by atoms with Gasteiger partial charge in [-0.05, 0) is 37.3 Å². The van der Waals surface area contributed by atoms with Gasteiger partial charge in [0.05, 0.1) is 0 Å². The Hall–Kier alpha value is -2.44. The van der Waals surface area contributed by atoms with Crippen LogP contribution in [0.5, 0.6) is 11.5 Å². The van der Waals surface area contributed by atoms with Crippen LogP contribution < -0.4 is 20.1 Å². The van der Waals surface area contributed by atoms with Crippen molar-refractivity contribution in [1.29, 1.82) is 0 Å². The van der Waals surface area contributed by atoms with Crippen molar-refractivity contribution in [3.05, 3.63) is 18.2 Å². The maximum Gasteiger partial charge on any atom is 0.321 e. The van der Waals surface area contributed by atoms with Gasteiger partial charge >= 0.3 is 6.03 Å². The van der Waals surface area contributed by atoms with E-state index >= 15 is 0 Å². The molecule has 0 bridgehead atoms. The van der Waals surface area contributed by atoms with E-state index in [1.807, 2.05) is 6.07 Å². The normalized spacial score (nSPS) is 21.8. The fourth-order valence-corrected chi connectivity index (χ4v) is 3.28. The molecule has 0 radical (unpaired) electrons. The number of fused-ring (bicyclic) bond motifs is 1. The molecule has 0 spiro atoms. The number of hydrogen-bond donors (Lipinski definition) is 2. The quantitative estimate of drug-likeness (QED) is 0.874. The monoisotopic (exact) mass is 345 g/mol. The number of ether oxygens (including phenoxy) is 2. The summed E-state index contributed by atoms with van der Waals surface area (Å²) in [5.41, 5.74) is 0.684. The highest BCUT2D eigenvalue weighted by atomic mass is 16.6. The van der Waals surface area contributed by atoms with E-state index in [1.54, 1.807) is 17.0 Å². The lowest BCUT2D eigenvalue weighted by Crippen LogP contribution is -2.34. The molecule has 1 atom stereocenters. The second-order valence-corrected chi connectivity index (χ2v) is 6.94. The predicted molar refractivity (Wildman–Crippen MR) is 91.9 cm³/mol. The Bertz CT molecular complexity index is 674. The van der Waals surface area contributed by atoms with Crippen molar-refractivity contribution in [2.75, 3.05) is 31.6 Å². The molecule has 2 aliphatic heterocycles. The van der Waals surface area contributed by atoms with Crippen LogP contribution in [0, 0.1) is 5.92 Å². The lowest BCUT2D eigenvalue weighted by molar-refractivity contribution is -0.122. The first-order chi connectivity index (χ1) is 12.2. The summed E-state index contributed by atoms with van der Waals surface area (Å²) in [5, 5.41) is 5.91. The molecule has 3 amide bonds. The molecule has 0 aromatic heterocycles. The predicted octanol–water partition coefficient (Wildman–Crippen LogP) is 1.98. The van der Waals surface area contributed by atoms with Crippen molar-refractivity contribution in [2.24, 2.45) is 5.92 Å². The van der Waals surface area contributed by atoms with Crippen LogP contribution in [-0.2, 0) is 4.79 Å². The maximum atomic E-state index is 12.4. The van der Waals surface area contributed by atoms with E-state index in [1.165, 1.54) is 0 Å². The van der Waals surface area contributed by atoms with Gasteiger partial charge < -0.3 is 25.0 Å². The molecule has 3 aliphatic rings. The summed E-state index contributed by atoms with van der Waals surface area (Å²) in [6.45, 7) is 2.36. The van der Waals surface area contributed by atoms with Crippen molar-refractivity contribution >= 4 is 17.6 Å². The van der Waals surface area contributed by atoms with Gasteiger partial charge in [0.1, 0.15) is 13.2 Å². The summed E-state index contributed by atoms with van der Waals surface area (Å²) in [7, 11) is 0. The van der Waals surface area contributed by atoms with E-state index < -0.39 is 0 Å². The summed E-state index contributed by atoms with van der Waals surface area (Å²) < 4.78 is 11.0. The van der Waals surface area contributed by atoms with Crippen LogP contribution >= 0.6 is 0 Å². The largest absolute Gasteiger partial charge is 0.486 e. The zero-order valence-electron chi connectivity index (χ0n) is 14.1. The molecule has 2 fully saturated rings. The van der Waals surface area contributed by atoms with E-state index in [4.69, 9.17) is 9.47 Å². The Morgan fingerprint density at radius 2 is 1.92 bits per heavy atom. The highest BCUT2D eigenvalue weighted by Gasteiger charge is 2.30. The zero-order valence-corrected chi connectivity index (χ0v) is 14.1. The molecule has 4 rings (SSSR count). The van der Waals surface area contributed by atoms with Gasteiger partial charge in [-0.3, -0.25) is 4.79 Å². The summed E-state index contributed by atoms with van der Waals surface area (Å²) >= 11 is 0. The van der Waals surface area contributed by atoms with Crippen molar-refractivity contribution in [2.45, 2.75) is 31.7 Å². The molecule has 1 unspecified atom stereocenters. The molecule has 1 aromatic rings. The third-order valence-corrected chi connectivity index (χ3v) is 4.78. The maximum absolute atomic E-state index is 12.4. The van der Waals surface area contributed by atoms with Gasteiger partial charge in [-0.15, -0.1) is 0 Å². The van der Waals surface area contributed by atoms with Crippen LogP contribution in [0.3, 0.4) is 0 Å². The first kappa shape index (κ1) is 16.1. The van der Waals surface area contributed by atoms with Crippen molar-refractivity contribution < 1.29 is 19.1 Å². The molecule has 1 aliphatic carbocycles. The number of benzene rings is 1. The van der Waals surface area contributed by atoms with Crippen LogP contribution in [0.25, 0.3) is 0 Å². The average molecular weight is 345 g/mol. The number of urea groups is 1. The van der Waals surface area contributed by atoms with Crippen LogP contribution in [0.2, 0.25) is 0 Å². The second kappa shape index (κ2) is 6.82. The zero-order chi connectivity index (χ0) is 17.2. The van der Waals surface area contributed by atoms with E-state index in [0.717, 1.165) is 19.3 Å². The van der Waals surface area contributed by atoms with Crippen molar-refractivity contribution in [1.82, 2.24) is 10.2 Å². The minimum absolute atomic E-state index is 0.113. The van der Waals surface area contributed by atoms with Crippen molar-refractivity contribution in [3.8, 4) is 11.5 Å². The van der Waals surface area contributed by atoms with Crippen LogP contribution in [-0.4, -0.2) is 49.2 Å².